The van der Waals surface area contributed by atoms with Gasteiger partial charge in [0, 0.05) is 10.7 Å². The lowest BCUT2D eigenvalue weighted by Gasteiger charge is -2.13. The van der Waals surface area contributed by atoms with E-state index in [0.29, 0.717) is 16.3 Å². The molecule has 0 fully saturated rings. The lowest BCUT2D eigenvalue weighted by Crippen LogP contribution is -2.21. The highest BCUT2D eigenvalue weighted by Gasteiger charge is 2.12. The lowest BCUT2D eigenvalue weighted by atomic mass is 10.1. The molecule has 0 heterocycles. The first-order valence-corrected chi connectivity index (χ1v) is 7.55. The van der Waals surface area contributed by atoms with Gasteiger partial charge in [-0.25, -0.2) is 0 Å². The average Bonchev–Trinajstić information content (AvgIpc) is 2.49. The predicted molar refractivity (Wildman–Crippen MR) is 91.5 cm³/mol. The van der Waals surface area contributed by atoms with Gasteiger partial charge in [-0.1, -0.05) is 29.8 Å². The number of para-hydroxylation sites is 1. The topological polar surface area (TPSA) is 55.4 Å². The molecule has 0 aliphatic heterocycles. The number of benzene rings is 2. The molecule has 0 radical (unpaired) electrons. The molecule has 0 saturated carbocycles. The van der Waals surface area contributed by atoms with E-state index in [9.17, 15) is 9.59 Å². The molecule has 4 nitrogen and oxygen atoms in total. The minimum Gasteiger partial charge on any atom is -0.483 e. The van der Waals surface area contributed by atoms with Crippen molar-refractivity contribution >= 4 is 29.0 Å². The van der Waals surface area contributed by atoms with E-state index in [1.807, 2.05) is 32.0 Å². The molecule has 2 aromatic rings. The Balaban J connectivity index is 2.07. The van der Waals surface area contributed by atoms with Crippen molar-refractivity contribution in [1.29, 1.82) is 0 Å². The number of amides is 1. The third kappa shape index (κ3) is 4.33. The number of hydrogen-bond donors (Lipinski definition) is 1. The molecule has 0 atom stereocenters. The number of halogens is 1. The standard InChI is InChI=1S/C18H18ClNO3/c1-11-5-4-6-12(2)18(11)20-17(22)10-23-16-8-7-14(19)9-15(16)13(3)21/h4-9H,10H2,1-3H3,(H,20,22). The van der Waals surface area contributed by atoms with Crippen LogP contribution in [0, 0.1) is 13.8 Å². The number of Topliss-reactive ketones (excluding diaryl/α,β-unsaturated/α-hetero) is 1. The van der Waals surface area contributed by atoms with E-state index in [0.717, 1.165) is 16.8 Å². The lowest BCUT2D eigenvalue weighted by molar-refractivity contribution is -0.118. The van der Waals surface area contributed by atoms with Crippen LogP contribution in [0.15, 0.2) is 36.4 Å². The van der Waals surface area contributed by atoms with Crippen molar-refractivity contribution in [3.8, 4) is 5.75 Å². The van der Waals surface area contributed by atoms with Crippen LogP contribution in [0.25, 0.3) is 0 Å². The van der Waals surface area contributed by atoms with Crippen LogP contribution in [0.4, 0.5) is 5.69 Å². The first-order chi connectivity index (χ1) is 10.9. The van der Waals surface area contributed by atoms with E-state index in [1.165, 1.54) is 13.0 Å². The van der Waals surface area contributed by atoms with Gasteiger partial charge in [0.2, 0.25) is 0 Å². The fourth-order valence-corrected chi connectivity index (χ4v) is 2.41. The monoisotopic (exact) mass is 331 g/mol. The molecule has 2 aromatic carbocycles. The summed E-state index contributed by atoms with van der Waals surface area (Å²) in [6, 6.07) is 10.5. The summed E-state index contributed by atoms with van der Waals surface area (Å²) in [5.41, 5.74) is 3.10. The average molecular weight is 332 g/mol. The summed E-state index contributed by atoms with van der Waals surface area (Å²) < 4.78 is 5.48. The Labute approximate surface area is 140 Å². The van der Waals surface area contributed by atoms with Crippen LogP contribution in [0.3, 0.4) is 0 Å². The molecule has 0 aromatic heterocycles. The van der Waals surface area contributed by atoms with Gasteiger partial charge < -0.3 is 10.1 Å². The molecule has 0 aliphatic rings. The molecule has 120 valence electrons. The summed E-state index contributed by atoms with van der Waals surface area (Å²) in [7, 11) is 0. The third-order valence-electron chi connectivity index (χ3n) is 3.43. The molecule has 23 heavy (non-hydrogen) atoms. The Morgan fingerprint density at radius 3 is 2.39 bits per heavy atom. The summed E-state index contributed by atoms with van der Waals surface area (Å²) in [6.07, 6.45) is 0. The van der Waals surface area contributed by atoms with Crippen LogP contribution in [0.1, 0.15) is 28.4 Å². The number of anilines is 1. The molecule has 1 N–H and O–H groups in total. The molecule has 0 saturated heterocycles. The van der Waals surface area contributed by atoms with E-state index >= 15 is 0 Å². The van der Waals surface area contributed by atoms with Gasteiger partial charge >= 0.3 is 0 Å². The number of ether oxygens (including phenoxy) is 1. The van der Waals surface area contributed by atoms with E-state index in [1.54, 1.807) is 12.1 Å². The Bertz CT molecular complexity index is 736. The van der Waals surface area contributed by atoms with Crippen molar-refractivity contribution in [1.82, 2.24) is 0 Å². The van der Waals surface area contributed by atoms with Gasteiger partial charge in [0.25, 0.3) is 5.91 Å². The summed E-state index contributed by atoms with van der Waals surface area (Å²) in [4.78, 5) is 23.7. The highest BCUT2D eigenvalue weighted by Crippen LogP contribution is 2.24. The second-order valence-corrected chi connectivity index (χ2v) is 5.74. The maximum absolute atomic E-state index is 12.1. The number of hydrogen-bond acceptors (Lipinski definition) is 3. The van der Waals surface area contributed by atoms with Crippen LogP contribution in [-0.4, -0.2) is 18.3 Å². The number of rotatable bonds is 5. The zero-order chi connectivity index (χ0) is 17.0. The second kappa shape index (κ2) is 7.29. The zero-order valence-electron chi connectivity index (χ0n) is 13.3. The zero-order valence-corrected chi connectivity index (χ0v) is 14.0. The van der Waals surface area contributed by atoms with Crippen molar-refractivity contribution in [3.63, 3.8) is 0 Å². The van der Waals surface area contributed by atoms with E-state index in [2.05, 4.69) is 5.32 Å². The van der Waals surface area contributed by atoms with Gasteiger partial charge in [0.1, 0.15) is 5.75 Å². The first kappa shape index (κ1) is 17.0. The molecular weight excluding hydrogens is 314 g/mol. The van der Waals surface area contributed by atoms with Crippen molar-refractivity contribution in [3.05, 3.63) is 58.1 Å². The van der Waals surface area contributed by atoms with Crippen molar-refractivity contribution in [2.24, 2.45) is 0 Å². The Morgan fingerprint density at radius 2 is 1.78 bits per heavy atom. The van der Waals surface area contributed by atoms with Crippen LogP contribution in [0.5, 0.6) is 5.75 Å². The highest BCUT2D eigenvalue weighted by molar-refractivity contribution is 6.31. The van der Waals surface area contributed by atoms with Gasteiger partial charge in [-0.2, -0.15) is 0 Å². The first-order valence-electron chi connectivity index (χ1n) is 7.18. The minimum atomic E-state index is -0.285. The Kier molecular flexibility index (Phi) is 5.40. The number of nitrogens with one attached hydrogen (secondary N) is 1. The van der Waals surface area contributed by atoms with E-state index in [4.69, 9.17) is 16.3 Å². The third-order valence-corrected chi connectivity index (χ3v) is 3.66. The molecular formula is C18H18ClNO3. The molecule has 0 unspecified atom stereocenters. The fourth-order valence-electron chi connectivity index (χ4n) is 2.23. The largest absolute Gasteiger partial charge is 0.483 e. The summed E-state index contributed by atoms with van der Waals surface area (Å²) >= 11 is 5.88. The second-order valence-electron chi connectivity index (χ2n) is 5.30. The van der Waals surface area contributed by atoms with Crippen LogP contribution >= 0.6 is 11.6 Å². The van der Waals surface area contributed by atoms with E-state index < -0.39 is 0 Å². The normalized spacial score (nSPS) is 10.3. The van der Waals surface area contributed by atoms with Gasteiger partial charge in [-0.05, 0) is 50.1 Å². The van der Waals surface area contributed by atoms with Gasteiger partial charge in [0.05, 0.1) is 5.56 Å². The van der Waals surface area contributed by atoms with Crippen LogP contribution in [0.2, 0.25) is 5.02 Å². The Morgan fingerprint density at radius 1 is 1.13 bits per heavy atom. The van der Waals surface area contributed by atoms with Crippen LogP contribution in [-0.2, 0) is 4.79 Å². The summed E-state index contributed by atoms with van der Waals surface area (Å²) in [6.45, 7) is 5.10. The summed E-state index contributed by atoms with van der Waals surface area (Å²) in [5, 5.41) is 3.28. The van der Waals surface area contributed by atoms with Gasteiger partial charge in [-0.3, -0.25) is 9.59 Å². The molecule has 1 amide bonds. The number of aryl methyl sites for hydroxylation is 2. The minimum absolute atomic E-state index is 0.169. The smallest absolute Gasteiger partial charge is 0.262 e. The SMILES string of the molecule is CC(=O)c1cc(Cl)ccc1OCC(=O)Nc1c(C)cccc1C. The molecule has 5 heteroatoms. The van der Waals surface area contributed by atoms with E-state index in [-0.39, 0.29) is 18.3 Å². The molecule has 0 spiro atoms. The van der Waals surface area contributed by atoms with Gasteiger partial charge in [0.15, 0.2) is 12.4 Å². The summed E-state index contributed by atoms with van der Waals surface area (Å²) in [5.74, 6) is -0.108. The fraction of sp³-hybridized carbons (Fsp3) is 0.222. The highest BCUT2D eigenvalue weighted by atomic mass is 35.5. The predicted octanol–water partition coefficient (Wildman–Crippen LogP) is 4.18. The van der Waals surface area contributed by atoms with Crippen LogP contribution < -0.4 is 10.1 Å². The Hall–Kier alpha value is -2.33. The molecule has 0 aliphatic carbocycles. The molecule has 2 rings (SSSR count). The van der Waals surface area contributed by atoms with Crippen molar-refractivity contribution in [2.45, 2.75) is 20.8 Å². The molecule has 0 bridgehead atoms. The van der Waals surface area contributed by atoms with Crippen molar-refractivity contribution < 1.29 is 14.3 Å². The van der Waals surface area contributed by atoms with Crippen molar-refractivity contribution in [2.75, 3.05) is 11.9 Å². The quantitative estimate of drug-likeness (QED) is 0.836. The number of carbonyl (C=O) groups excluding carboxylic acids is 2. The number of ketones is 1. The van der Waals surface area contributed by atoms with Gasteiger partial charge in [-0.15, -0.1) is 0 Å². The maximum atomic E-state index is 12.1. The number of carbonyl (C=O) groups is 2. The maximum Gasteiger partial charge on any atom is 0.262 e.